The first-order valence-electron chi connectivity index (χ1n) is 8.56. The Morgan fingerprint density at radius 1 is 1.00 bits per heavy atom. The molecule has 0 radical (unpaired) electrons. The minimum atomic E-state index is -0.136. The molecule has 0 aliphatic carbocycles. The molecule has 0 unspecified atom stereocenters. The lowest BCUT2D eigenvalue weighted by Gasteiger charge is -2.19. The molecule has 0 spiro atoms. The predicted octanol–water partition coefficient (Wildman–Crippen LogP) is 4.83. The number of anilines is 2. The SMILES string of the molecule is CN(c1ccncc1)c1ccc(CNC(=O)/C=C/c2ccc(Cl)cc2)cc1. The van der Waals surface area contributed by atoms with Crippen LogP contribution < -0.4 is 10.2 Å². The number of nitrogens with one attached hydrogen (secondary N) is 1. The van der Waals surface area contributed by atoms with Gasteiger partial charge in [-0.25, -0.2) is 0 Å². The monoisotopic (exact) mass is 377 g/mol. The minimum Gasteiger partial charge on any atom is -0.348 e. The summed E-state index contributed by atoms with van der Waals surface area (Å²) in [5.74, 6) is -0.136. The van der Waals surface area contributed by atoms with E-state index in [4.69, 9.17) is 11.6 Å². The molecule has 2 aromatic carbocycles. The van der Waals surface area contributed by atoms with Gasteiger partial charge in [0.05, 0.1) is 0 Å². The van der Waals surface area contributed by atoms with E-state index in [0.717, 1.165) is 22.5 Å². The first kappa shape index (κ1) is 18.7. The average Bonchev–Trinajstić information content (AvgIpc) is 2.72. The topological polar surface area (TPSA) is 45.2 Å². The highest BCUT2D eigenvalue weighted by Gasteiger charge is 2.04. The average molecular weight is 378 g/mol. The standard InChI is InChI=1S/C22H20ClN3O/c1-26(21-12-14-24-15-13-21)20-9-4-18(5-10-20)16-25-22(27)11-6-17-2-7-19(23)8-3-17/h2-15H,16H2,1H3,(H,25,27)/b11-6+. The highest BCUT2D eigenvalue weighted by atomic mass is 35.5. The summed E-state index contributed by atoms with van der Waals surface area (Å²) in [6.07, 6.45) is 6.83. The Morgan fingerprint density at radius 3 is 2.30 bits per heavy atom. The molecular weight excluding hydrogens is 358 g/mol. The van der Waals surface area contributed by atoms with Gasteiger partial charge in [0.15, 0.2) is 0 Å². The number of hydrogen-bond donors (Lipinski definition) is 1. The van der Waals surface area contributed by atoms with Crippen LogP contribution in [0.4, 0.5) is 11.4 Å². The molecule has 0 saturated carbocycles. The van der Waals surface area contributed by atoms with Crippen molar-refractivity contribution in [2.45, 2.75) is 6.54 Å². The molecule has 0 aliphatic heterocycles. The molecular formula is C22H20ClN3O. The van der Waals surface area contributed by atoms with Crippen LogP contribution in [0.5, 0.6) is 0 Å². The lowest BCUT2D eigenvalue weighted by molar-refractivity contribution is -0.116. The fourth-order valence-corrected chi connectivity index (χ4v) is 2.67. The third-order valence-corrected chi connectivity index (χ3v) is 4.39. The van der Waals surface area contributed by atoms with Crippen molar-refractivity contribution < 1.29 is 4.79 Å². The maximum atomic E-state index is 12.0. The number of hydrogen-bond acceptors (Lipinski definition) is 3. The van der Waals surface area contributed by atoms with Crippen molar-refractivity contribution in [1.82, 2.24) is 10.3 Å². The molecule has 4 nitrogen and oxygen atoms in total. The summed E-state index contributed by atoms with van der Waals surface area (Å²) in [7, 11) is 2.01. The Hall–Kier alpha value is -3.11. The molecule has 0 saturated heterocycles. The van der Waals surface area contributed by atoms with Gasteiger partial charge >= 0.3 is 0 Å². The smallest absolute Gasteiger partial charge is 0.244 e. The zero-order valence-corrected chi connectivity index (χ0v) is 15.7. The number of amides is 1. The van der Waals surface area contributed by atoms with Crippen LogP contribution in [0.15, 0.2) is 79.1 Å². The largest absolute Gasteiger partial charge is 0.348 e. The van der Waals surface area contributed by atoms with Gasteiger partial charge in [-0.3, -0.25) is 9.78 Å². The molecule has 0 bridgehead atoms. The van der Waals surface area contributed by atoms with Gasteiger partial charge in [0.1, 0.15) is 0 Å². The van der Waals surface area contributed by atoms with Crippen LogP contribution in [-0.4, -0.2) is 17.9 Å². The van der Waals surface area contributed by atoms with E-state index in [1.165, 1.54) is 6.08 Å². The summed E-state index contributed by atoms with van der Waals surface area (Å²) in [6, 6.07) is 19.3. The van der Waals surface area contributed by atoms with E-state index in [1.54, 1.807) is 30.6 Å². The number of pyridine rings is 1. The van der Waals surface area contributed by atoms with Crippen molar-refractivity contribution >= 4 is 35.0 Å². The van der Waals surface area contributed by atoms with Crippen molar-refractivity contribution in [2.75, 3.05) is 11.9 Å². The number of rotatable bonds is 6. The second kappa shape index (κ2) is 9.01. The van der Waals surface area contributed by atoms with Crippen LogP contribution in [0, 0.1) is 0 Å². The molecule has 1 aromatic heterocycles. The third-order valence-electron chi connectivity index (χ3n) is 4.14. The number of carbonyl (C=O) groups excluding carboxylic acids is 1. The fraction of sp³-hybridized carbons (Fsp3) is 0.0909. The van der Waals surface area contributed by atoms with Gasteiger partial charge in [0, 0.05) is 48.5 Å². The summed E-state index contributed by atoms with van der Waals surface area (Å²) in [4.78, 5) is 18.1. The first-order valence-corrected chi connectivity index (χ1v) is 8.94. The maximum absolute atomic E-state index is 12.0. The van der Waals surface area contributed by atoms with E-state index in [9.17, 15) is 4.79 Å². The van der Waals surface area contributed by atoms with Crippen LogP contribution in [0.25, 0.3) is 6.08 Å². The fourth-order valence-electron chi connectivity index (χ4n) is 2.55. The Bertz CT molecular complexity index is 907. The van der Waals surface area contributed by atoms with Gasteiger partial charge < -0.3 is 10.2 Å². The molecule has 0 fully saturated rings. The quantitative estimate of drug-likeness (QED) is 0.625. The van der Waals surface area contributed by atoms with Gasteiger partial charge in [-0.05, 0) is 53.6 Å². The summed E-state index contributed by atoms with van der Waals surface area (Å²) < 4.78 is 0. The van der Waals surface area contributed by atoms with E-state index in [-0.39, 0.29) is 5.91 Å². The number of aromatic nitrogens is 1. The Kier molecular flexibility index (Phi) is 6.23. The summed E-state index contributed by atoms with van der Waals surface area (Å²) >= 11 is 5.85. The normalized spacial score (nSPS) is 10.7. The van der Waals surface area contributed by atoms with E-state index in [0.29, 0.717) is 11.6 Å². The Labute approximate surface area is 164 Å². The van der Waals surface area contributed by atoms with Crippen LogP contribution in [0.3, 0.4) is 0 Å². The molecule has 3 aromatic rings. The van der Waals surface area contributed by atoms with Crippen molar-refractivity contribution in [1.29, 1.82) is 0 Å². The molecule has 0 aliphatic rings. The molecule has 27 heavy (non-hydrogen) atoms. The van der Waals surface area contributed by atoms with E-state index >= 15 is 0 Å². The van der Waals surface area contributed by atoms with E-state index in [2.05, 4.69) is 15.2 Å². The summed E-state index contributed by atoms with van der Waals surface area (Å²) in [5, 5.41) is 3.56. The molecule has 5 heteroatoms. The van der Waals surface area contributed by atoms with Crippen molar-refractivity contribution in [3.8, 4) is 0 Å². The van der Waals surface area contributed by atoms with Gasteiger partial charge in [-0.2, -0.15) is 0 Å². The van der Waals surface area contributed by atoms with Crippen molar-refractivity contribution in [2.24, 2.45) is 0 Å². The zero-order chi connectivity index (χ0) is 19.1. The predicted molar refractivity (Wildman–Crippen MR) is 111 cm³/mol. The van der Waals surface area contributed by atoms with E-state index in [1.807, 2.05) is 55.6 Å². The van der Waals surface area contributed by atoms with Crippen LogP contribution in [0.2, 0.25) is 5.02 Å². The lowest BCUT2D eigenvalue weighted by Crippen LogP contribution is -2.20. The summed E-state index contributed by atoms with van der Waals surface area (Å²) in [5.41, 5.74) is 4.10. The number of benzene rings is 2. The number of carbonyl (C=O) groups is 1. The molecule has 3 rings (SSSR count). The third kappa shape index (κ3) is 5.43. The Balaban J connectivity index is 1.54. The molecule has 0 atom stereocenters. The molecule has 1 N–H and O–H groups in total. The van der Waals surface area contributed by atoms with Crippen molar-refractivity contribution in [3.63, 3.8) is 0 Å². The maximum Gasteiger partial charge on any atom is 0.244 e. The zero-order valence-electron chi connectivity index (χ0n) is 15.0. The van der Waals surface area contributed by atoms with Gasteiger partial charge in [0.2, 0.25) is 5.91 Å². The first-order chi connectivity index (χ1) is 13.1. The lowest BCUT2D eigenvalue weighted by atomic mass is 10.2. The van der Waals surface area contributed by atoms with Gasteiger partial charge in [-0.1, -0.05) is 35.9 Å². The summed E-state index contributed by atoms with van der Waals surface area (Å²) in [6.45, 7) is 0.475. The van der Waals surface area contributed by atoms with E-state index < -0.39 is 0 Å². The van der Waals surface area contributed by atoms with Gasteiger partial charge in [0.25, 0.3) is 0 Å². The second-order valence-electron chi connectivity index (χ2n) is 6.03. The number of nitrogens with zero attached hydrogens (tertiary/aromatic N) is 2. The minimum absolute atomic E-state index is 0.136. The second-order valence-corrected chi connectivity index (χ2v) is 6.47. The van der Waals surface area contributed by atoms with Crippen molar-refractivity contribution in [3.05, 3.63) is 95.3 Å². The highest BCUT2D eigenvalue weighted by molar-refractivity contribution is 6.30. The van der Waals surface area contributed by atoms with Gasteiger partial charge in [-0.15, -0.1) is 0 Å². The molecule has 1 amide bonds. The molecule has 1 heterocycles. The number of halogens is 1. The van der Waals surface area contributed by atoms with Crippen LogP contribution in [-0.2, 0) is 11.3 Å². The Morgan fingerprint density at radius 2 is 1.63 bits per heavy atom. The van der Waals surface area contributed by atoms with Crippen LogP contribution >= 0.6 is 11.6 Å². The highest BCUT2D eigenvalue weighted by Crippen LogP contribution is 2.22. The van der Waals surface area contributed by atoms with Crippen LogP contribution in [0.1, 0.15) is 11.1 Å². The molecule has 136 valence electrons.